The number of carbonyl (C=O) groups excluding carboxylic acids is 1. The summed E-state index contributed by atoms with van der Waals surface area (Å²) in [5.41, 5.74) is 0. The molecule has 0 amide bonds. The minimum atomic E-state index is 0.464. The Kier molecular flexibility index (Phi) is 6.71. The Hall–Kier alpha value is -0.840. The van der Waals surface area contributed by atoms with E-state index in [9.17, 15) is 4.79 Å². The van der Waals surface area contributed by atoms with Crippen molar-refractivity contribution in [3.05, 3.63) is 0 Å². The summed E-state index contributed by atoms with van der Waals surface area (Å²) in [5.74, 6) is 0.464. The van der Waals surface area contributed by atoms with Crippen molar-refractivity contribution < 1.29 is 4.79 Å². The summed E-state index contributed by atoms with van der Waals surface area (Å²) in [7, 11) is 0. The van der Waals surface area contributed by atoms with Crippen LogP contribution < -0.4 is 0 Å². The molecule has 0 bridgehead atoms. The van der Waals surface area contributed by atoms with Gasteiger partial charge in [0.1, 0.15) is 5.78 Å². The van der Waals surface area contributed by atoms with Crippen LogP contribution in [0.2, 0.25) is 0 Å². The SMILES string of the molecule is CCC#N.O=C1CCCCC1. The van der Waals surface area contributed by atoms with Gasteiger partial charge in [-0.15, -0.1) is 0 Å². The molecule has 1 saturated carbocycles. The fraction of sp³-hybridized carbons (Fsp3) is 0.778. The maximum atomic E-state index is 10.5. The predicted octanol–water partition coefficient (Wildman–Crippen LogP) is 2.44. The quantitative estimate of drug-likeness (QED) is 0.536. The summed E-state index contributed by atoms with van der Waals surface area (Å²) >= 11 is 0. The van der Waals surface area contributed by atoms with E-state index >= 15 is 0 Å². The third kappa shape index (κ3) is 7.05. The van der Waals surface area contributed by atoms with Crippen LogP contribution in [0.15, 0.2) is 0 Å². The van der Waals surface area contributed by atoms with Crippen LogP contribution in [-0.4, -0.2) is 5.78 Å². The first-order valence-corrected chi connectivity index (χ1v) is 4.20. The molecule has 1 aliphatic carbocycles. The van der Waals surface area contributed by atoms with Gasteiger partial charge >= 0.3 is 0 Å². The van der Waals surface area contributed by atoms with Gasteiger partial charge in [-0.1, -0.05) is 13.3 Å². The van der Waals surface area contributed by atoms with Crippen LogP contribution in [0.3, 0.4) is 0 Å². The molecule has 0 aliphatic heterocycles. The first-order chi connectivity index (χ1) is 5.31. The van der Waals surface area contributed by atoms with Crippen molar-refractivity contribution in [1.82, 2.24) is 0 Å². The predicted molar refractivity (Wildman–Crippen MR) is 44.0 cm³/mol. The lowest BCUT2D eigenvalue weighted by atomic mass is 10.00. The lowest BCUT2D eigenvalue weighted by molar-refractivity contribution is -0.120. The first-order valence-electron chi connectivity index (χ1n) is 4.20. The lowest BCUT2D eigenvalue weighted by Gasteiger charge is -2.05. The summed E-state index contributed by atoms with van der Waals surface area (Å²) in [5, 5.41) is 7.62. The average molecular weight is 153 g/mol. The molecule has 0 aromatic rings. The van der Waals surface area contributed by atoms with Crippen molar-refractivity contribution in [2.45, 2.75) is 45.4 Å². The number of carbonyl (C=O) groups is 1. The number of hydrogen-bond acceptors (Lipinski definition) is 2. The molecule has 62 valence electrons. The highest BCUT2D eigenvalue weighted by Crippen LogP contribution is 2.12. The zero-order valence-corrected chi connectivity index (χ0v) is 7.10. The van der Waals surface area contributed by atoms with E-state index in [1.165, 1.54) is 6.42 Å². The number of rotatable bonds is 0. The van der Waals surface area contributed by atoms with Crippen LogP contribution in [0, 0.1) is 11.3 Å². The van der Waals surface area contributed by atoms with Crippen LogP contribution >= 0.6 is 0 Å². The second-order valence-electron chi connectivity index (χ2n) is 2.61. The molecule has 0 aromatic carbocycles. The molecule has 0 aromatic heterocycles. The molecular formula is C9H15NO. The van der Waals surface area contributed by atoms with E-state index < -0.39 is 0 Å². The number of nitrogens with zero attached hydrogens (tertiary/aromatic N) is 1. The summed E-state index contributed by atoms with van der Waals surface area (Å²) < 4.78 is 0. The molecule has 0 spiro atoms. The van der Waals surface area contributed by atoms with Crippen LogP contribution in [0.25, 0.3) is 0 Å². The summed E-state index contributed by atoms with van der Waals surface area (Å²) in [6.07, 6.45) is 5.86. The first kappa shape index (κ1) is 10.2. The summed E-state index contributed by atoms with van der Waals surface area (Å²) in [6.45, 7) is 1.82. The van der Waals surface area contributed by atoms with Crippen LogP contribution in [0.5, 0.6) is 0 Å². The molecule has 2 heteroatoms. The lowest BCUT2D eigenvalue weighted by Crippen LogP contribution is -2.02. The van der Waals surface area contributed by atoms with E-state index in [1.54, 1.807) is 0 Å². The molecule has 0 heterocycles. The molecule has 0 atom stereocenters. The van der Waals surface area contributed by atoms with Gasteiger partial charge in [0.15, 0.2) is 0 Å². The fourth-order valence-electron chi connectivity index (χ4n) is 0.946. The molecule has 0 unspecified atom stereocenters. The zero-order valence-electron chi connectivity index (χ0n) is 7.10. The summed E-state index contributed by atoms with van der Waals surface area (Å²) in [4.78, 5) is 10.5. The van der Waals surface area contributed by atoms with Crippen molar-refractivity contribution in [1.29, 1.82) is 5.26 Å². The minimum Gasteiger partial charge on any atom is -0.300 e. The average Bonchev–Trinajstić information content (AvgIpc) is 2.07. The van der Waals surface area contributed by atoms with Crippen molar-refractivity contribution in [2.75, 3.05) is 0 Å². The fourth-order valence-corrected chi connectivity index (χ4v) is 0.946. The third-order valence-electron chi connectivity index (χ3n) is 1.57. The van der Waals surface area contributed by atoms with E-state index in [2.05, 4.69) is 0 Å². The van der Waals surface area contributed by atoms with E-state index in [1.807, 2.05) is 13.0 Å². The van der Waals surface area contributed by atoms with Crippen LogP contribution in [-0.2, 0) is 4.79 Å². The number of ketones is 1. The van der Waals surface area contributed by atoms with Crippen molar-refractivity contribution in [3.63, 3.8) is 0 Å². The highest BCUT2D eigenvalue weighted by molar-refractivity contribution is 5.78. The summed E-state index contributed by atoms with van der Waals surface area (Å²) in [6, 6.07) is 1.93. The second-order valence-corrected chi connectivity index (χ2v) is 2.61. The number of nitriles is 1. The molecule has 1 rings (SSSR count). The van der Waals surface area contributed by atoms with Crippen molar-refractivity contribution in [2.24, 2.45) is 0 Å². The van der Waals surface area contributed by atoms with Gasteiger partial charge in [0, 0.05) is 19.3 Å². The van der Waals surface area contributed by atoms with Gasteiger partial charge in [-0.05, 0) is 12.8 Å². The van der Waals surface area contributed by atoms with Gasteiger partial charge in [0.25, 0.3) is 0 Å². The maximum absolute atomic E-state index is 10.5. The number of Topliss-reactive ketones (excluding diaryl/α,β-unsaturated/α-hetero) is 1. The molecule has 0 N–H and O–H groups in total. The van der Waals surface area contributed by atoms with Gasteiger partial charge in [-0.25, -0.2) is 0 Å². The maximum Gasteiger partial charge on any atom is 0.132 e. The van der Waals surface area contributed by atoms with Crippen molar-refractivity contribution >= 4 is 5.78 Å². The van der Waals surface area contributed by atoms with Crippen LogP contribution in [0.4, 0.5) is 0 Å². The van der Waals surface area contributed by atoms with Gasteiger partial charge in [0.05, 0.1) is 6.07 Å². The standard InChI is InChI=1S/C6H10O.C3H5N/c7-6-4-2-1-3-5-6;1-2-3-4/h1-5H2;2H2,1H3. The molecule has 1 fully saturated rings. The molecule has 0 saturated heterocycles. The minimum absolute atomic E-state index is 0.464. The molecular weight excluding hydrogens is 138 g/mol. The Morgan fingerprint density at radius 3 is 2.00 bits per heavy atom. The molecule has 0 radical (unpaired) electrons. The van der Waals surface area contributed by atoms with E-state index in [-0.39, 0.29) is 0 Å². The molecule has 2 nitrogen and oxygen atoms in total. The normalized spacial score (nSPS) is 16.2. The Balaban J connectivity index is 0.000000218. The highest BCUT2D eigenvalue weighted by atomic mass is 16.1. The Bertz CT molecular complexity index is 138. The largest absolute Gasteiger partial charge is 0.300 e. The van der Waals surface area contributed by atoms with E-state index in [0.717, 1.165) is 25.7 Å². The molecule has 11 heavy (non-hydrogen) atoms. The van der Waals surface area contributed by atoms with Gasteiger partial charge < -0.3 is 0 Å². The number of hydrogen-bond donors (Lipinski definition) is 0. The Morgan fingerprint density at radius 1 is 1.36 bits per heavy atom. The van der Waals surface area contributed by atoms with E-state index in [4.69, 9.17) is 5.26 Å². The topological polar surface area (TPSA) is 40.9 Å². The smallest absolute Gasteiger partial charge is 0.132 e. The Morgan fingerprint density at radius 2 is 1.82 bits per heavy atom. The van der Waals surface area contributed by atoms with E-state index in [0.29, 0.717) is 12.2 Å². The van der Waals surface area contributed by atoms with Gasteiger partial charge in [-0.3, -0.25) is 4.79 Å². The zero-order chi connectivity index (χ0) is 8.53. The van der Waals surface area contributed by atoms with Crippen LogP contribution in [0.1, 0.15) is 45.4 Å². The van der Waals surface area contributed by atoms with Gasteiger partial charge in [0.2, 0.25) is 0 Å². The van der Waals surface area contributed by atoms with Gasteiger partial charge in [-0.2, -0.15) is 5.26 Å². The van der Waals surface area contributed by atoms with Crippen molar-refractivity contribution in [3.8, 4) is 6.07 Å². The third-order valence-corrected chi connectivity index (χ3v) is 1.57. The highest BCUT2D eigenvalue weighted by Gasteiger charge is 2.05. The Labute approximate surface area is 68.2 Å². The molecule has 1 aliphatic rings. The monoisotopic (exact) mass is 153 g/mol. The second kappa shape index (κ2) is 7.27.